The maximum absolute atomic E-state index is 12.5. The van der Waals surface area contributed by atoms with Gasteiger partial charge in [-0.3, -0.25) is 23.9 Å². The van der Waals surface area contributed by atoms with Gasteiger partial charge in [-0.05, 0) is 32.4 Å². The summed E-state index contributed by atoms with van der Waals surface area (Å²) in [5.41, 5.74) is 5.14. The summed E-state index contributed by atoms with van der Waals surface area (Å²) in [6, 6.07) is -4.10. The Labute approximate surface area is 174 Å². The molecule has 12 heteroatoms. The van der Waals surface area contributed by atoms with Gasteiger partial charge in [-0.2, -0.15) is 0 Å². The highest BCUT2D eigenvalue weighted by Gasteiger charge is 2.30. The molecule has 0 aliphatic rings. The number of aliphatic carboxylic acids is 1. The first kappa shape index (κ1) is 26.7. The fraction of sp³-hybridized carbons (Fsp3) is 0.706. The van der Waals surface area contributed by atoms with E-state index < -0.39 is 60.2 Å². The number of carbonyl (C=O) groups excluding carboxylic acids is 4. The Hall–Kier alpha value is -2.34. The standard InChI is InChI=1S/C17H31N5O6S/c1-8(2)6-12(17(27)28)21-16(26)11(7-13(18)23)20-14(24)9(3)19-15(25)10(4)22-29-5/h8-12,22H,6-7H2,1-5H3,(H2,18,23)(H,19,25)(H,20,24)(H,21,26)(H,27,28). The van der Waals surface area contributed by atoms with Crippen LogP contribution in [0.25, 0.3) is 0 Å². The largest absolute Gasteiger partial charge is 0.480 e. The van der Waals surface area contributed by atoms with E-state index in [-0.39, 0.29) is 12.3 Å². The summed E-state index contributed by atoms with van der Waals surface area (Å²) in [4.78, 5) is 59.4. The molecule has 11 nitrogen and oxygen atoms in total. The number of hydrogen-bond donors (Lipinski definition) is 6. The van der Waals surface area contributed by atoms with Gasteiger partial charge in [0.15, 0.2) is 0 Å². The molecule has 4 unspecified atom stereocenters. The van der Waals surface area contributed by atoms with Gasteiger partial charge in [-0.1, -0.05) is 25.8 Å². The van der Waals surface area contributed by atoms with Crippen LogP contribution < -0.4 is 26.4 Å². The minimum absolute atomic E-state index is 0.00676. The Bertz CT molecular complexity index is 615. The van der Waals surface area contributed by atoms with Crippen molar-refractivity contribution in [2.45, 2.75) is 64.7 Å². The molecule has 0 aliphatic heterocycles. The van der Waals surface area contributed by atoms with Crippen molar-refractivity contribution in [3.8, 4) is 0 Å². The van der Waals surface area contributed by atoms with Gasteiger partial charge < -0.3 is 26.8 Å². The van der Waals surface area contributed by atoms with E-state index in [0.717, 1.165) is 0 Å². The smallest absolute Gasteiger partial charge is 0.326 e. The minimum atomic E-state index is -1.37. The molecule has 166 valence electrons. The molecule has 0 heterocycles. The third-order valence-corrected chi connectivity index (χ3v) is 4.39. The molecule has 0 saturated carbocycles. The molecule has 0 saturated heterocycles. The first-order valence-corrected chi connectivity index (χ1v) is 10.3. The Morgan fingerprint density at radius 2 is 1.38 bits per heavy atom. The van der Waals surface area contributed by atoms with Gasteiger partial charge in [0, 0.05) is 0 Å². The Morgan fingerprint density at radius 3 is 1.83 bits per heavy atom. The average Bonchev–Trinajstić information content (AvgIpc) is 2.59. The maximum Gasteiger partial charge on any atom is 0.326 e. The quantitative estimate of drug-likeness (QED) is 0.194. The minimum Gasteiger partial charge on any atom is -0.480 e. The Balaban J connectivity index is 5.10. The second-order valence-corrected chi connectivity index (χ2v) is 7.68. The van der Waals surface area contributed by atoms with Gasteiger partial charge in [-0.15, -0.1) is 0 Å². The molecule has 0 aromatic heterocycles. The fourth-order valence-electron chi connectivity index (χ4n) is 2.31. The first-order chi connectivity index (χ1) is 13.4. The van der Waals surface area contributed by atoms with Crippen LogP contribution in [0.15, 0.2) is 0 Å². The number of carboxylic acid groups (broad SMARTS) is 1. The van der Waals surface area contributed by atoms with Gasteiger partial charge in [0.1, 0.15) is 18.1 Å². The second kappa shape index (κ2) is 13.0. The predicted octanol–water partition coefficient (Wildman–Crippen LogP) is -1.28. The molecular formula is C17H31N5O6S. The van der Waals surface area contributed by atoms with Crippen LogP contribution in [0.1, 0.15) is 40.5 Å². The molecule has 4 amide bonds. The van der Waals surface area contributed by atoms with Gasteiger partial charge in [-0.25, -0.2) is 4.79 Å². The van der Waals surface area contributed by atoms with Crippen molar-refractivity contribution in [1.82, 2.24) is 20.7 Å². The van der Waals surface area contributed by atoms with E-state index in [9.17, 15) is 29.1 Å². The van der Waals surface area contributed by atoms with Crippen LogP contribution in [-0.2, 0) is 24.0 Å². The van der Waals surface area contributed by atoms with Crippen LogP contribution >= 0.6 is 11.9 Å². The zero-order valence-corrected chi connectivity index (χ0v) is 18.1. The highest BCUT2D eigenvalue weighted by atomic mass is 32.2. The van der Waals surface area contributed by atoms with E-state index in [4.69, 9.17) is 5.73 Å². The van der Waals surface area contributed by atoms with Crippen molar-refractivity contribution in [1.29, 1.82) is 0 Å². The number of primary amides is 1. The highest BCUT2D eigenvalue weighted by molar-refractivity contribution is 7.96. The van der Waals surface area contributed by atoms with Crippen molar-refractivity contribution in [3.63, 3.8) is 0 Å². The van der Waals surface area contributed by atoms with Crippen molar-refractivity contribution in [3.05, 3.63) is 0 Å². The number of nitrogens with one attached hydrogen (secondary N) is 4. The lowest BCUT2D eigenvalue weighted by Gasteiger charge is -2.23. The lowest BCUT2D eigenvalue weighted by molar-refractivity contribution is -0.143. The number of hydrogen-bond acceptors (Lipinski definition) is 7. The molecular weight excluding hydrogens is 402 g/mol. The van der Waals surface area contributed by atoms with Crippen LogP contribution in [-0.4, -0.2) is 65.1 Å². The Kier molecular flexibility index (Phi) is 11.9. The van der Waals surface area contributed by atoms with Gasteiger partial charge in [0.05, 0.1) is 12.5 Å². The zero-order valence-electron chi connectivity index (χ0n) is 17.3. The molecule has 0 radical (unpaired) electrons. The number of amides is 4. The summed E-state index contributed by atoms with van der Waals surface area (Å²) in [6.45, 7) is 6.61. The summed E-state index contributed by atoms with van der Waals surface area (Å²) in [5.74, 6) is -4.08. The number of nitrogens with two attached hydrogens (primary N) is 1. The topological polar surface area (TPSA) is 180 Å². The lowest BCUT2D eigenvalue weighted by Crippen LogP contribution is -2.57. The predicted molar refractivity (Wildman–Crippen MR) is 108 cm³/mol. The van der Waals surface area contributed by atoms with E-state index >= 15 is 0 Å². The van der Waals surface area contributed by atoms with E-state index in [0.29, 0.717) is 0 Å². The lowest BCUT2D eigenvalue weighted by atomic mass is 10.0. The highest BCUT2D eigenvalue weighted by Crippen LogP contribution is 2.06. The van der Waals surface area contributed by atoms with Crippen LogP contribution in [0.5, 0.6) is 0 Å². The molecule has 7 N–H and O–H groups in total. The molecule has 0 aromatic carbocycles. The molecule has 0 aromatic rings. The molecule has 0 spiro atoms. The van der Waals surface area contributed by atoms with Crippen molar-refractivity contribution in [2.24, 2.45) is 11.7 Å². The monoisotopic (exact) mass is 433 g/mol. The number of rotatable bonds is 13. The van der Waals surface area contributed by atoms with E-state index in [2.05, 4.69) is 20.7 Å². The van der Waals surface area contributed by atoms with E-state index in [1.54, 1.807) is 27.0 Å². The molecule has 0 rings (SSSR count). The first-order valence-electron chi connectivity index (χ1n) is 9.09. The summed E-state index contributed by atoms with van der Waals surface area (Å²) in [7, 11) is 0. The average molecular weight is 434 g/mol. The zero-order chi connectivity index (χ0) is 22.7. The maximum atomic E-state index is 12.5. The third kappa shape index (κ3) is 10.7. The normalized spacial score (nSPS) is 15.0. The molecule has 0 aliphatic carbocycles. The Morgan fingerprint density at radius 1 is 0.862 bits per heavy atom. The van der Waals surface area contributed by atoms with Crippen LogP contribution in [0, 0.1) is 5.92 Å². The van der Waals surface area contributed by atoms with E-state index in [1.807, 2.05) is 0 Å². The van der Waals surface area contributed by atoms with E-state index in [1.165, 1.54) is 18.9 Å². The summed E-state index contributed by atoms with van der Waals surface area (Å²) < 4.78 is 2.81. The molecule has 0 fully saturated rings. The summed E-state index contributed by atoms with van der Waals surface area (Å²) in [6.07, 6.45) is 1.40. The third-order valence-electron chi connectivity index (χ3n) is 3.80. The number of carboxylic acids is 1. The summed E-state index contributed by atoms with van der Waals surface area (Å²) in [5, 5.41) is 16.4. The van der Waals surface area contributed by atoms with Crippen LogP contribution in [0.3, 0.4) is 0 Å². The molecule has 4 atom stereocenters. The second-order valence-electron chi connectivity index (χ2n) is 7.03. The van der Waals surface area contributed by atoms with Crippen molar-refractivity contribution in [2.75, 3.05) is 6.26 Å². The van der Waals surface area contributed by atoms with Gasteiger partial charge in [0.25, 0.3) is 0 Å². The van der Waals surface area contributed by atoms with Gasteiger partial charge >= 0.3 is 5.97 Å². The fourth-order valence-corrected chi connectivity index (χ4v) is 2.77. The van der Waals surface area contributed by atoms with Crippen LogP contribution in [0.2, 0.25) is 0 Å². The summed E-state index contributed by atoms with van der Waals surface area (Å²) >= 11 is 1.24. The van der Waals surface area contributed by atoms with Crippen molar-refractivity contribution >= 4 is 41.5 Å². The van der Waals surface area contributed by atoms with Crippen molar-refractivity contribution < 1.29 is 29.1 Å². The number of carbonyl (C=O) groups is 5. The molecule has 0 bridgehead atoms. The molecule has 29 heavy (non-hydrogen) atoms. The van der Waals surface area contributed by atoms with Gasteiger partial charge in [0.2, 0.25) is 23.6 Å². The SMILES string of the molecule is CSNC(C)C(=O)NC(C)C(=O)NC(CC(N)=O)C(=O)NC(CC(C)C)C(=O)O. The van der Waals surface area contributed by atoms with Crippen LogP contribution in [0.4, 0.5) is 0 Å².